The van der Waals surface area contributed by atoms with E-state index in [-0.39, 0.29) is 12.1 Å². The van der Waals surface area contributed by atoms with Gasteiger partial charge < -0.3 is 19.9 Å². The molecule has 2 heterocycles. The first-order chi connectivity index (χ1) is 15.5. The highest BCUT2D eigenvalue weighted by Crippen LogP contribution is 2.39. The lowest BCUT2D eigenvalue weighted by atomic mass is 9.92. The number of H-pyrrole nitrogens is 1. The van der Waals surface area contributed by atoms with Gasteiger partial charge in [0.15, 0.2) is 0 Å². The number of ether oxygens (including phenoxy) is 1. The zero-order valence-corrected chi connectivity index (χ0v) is 18.7. The SMILES string of the molecule is COc1ccc(Cl)cc1NC(=O)N1CCc2c([nH]c3ccccc23)[C@@H]1c1ccc(C)cc1. The highest BCUT2D eigenvalue weighted by atomic mass is 35.5. The maximum Gasteiger partial charge on any atom is 0.322 e. The topological polar surface area (TPSA) is 57.4 Å². The van der Waals surface area contributed by atoms with E-state index in [1.807, 2.05) is 11.0 Å². The van der Waals surface area contributed by atoms with Gasteiger partial charge in [-0.25, -0.2) is 4.79 Å². The van der Waals surface area contributed by atoms with Crippen LogP contribution < -0.4 is 10.1 Å². The number of hydrogen-bond donors (Lipinski definition) is 2. The standard InChI is InChI=1S/C26H24ClN3O2/c1-16-7-9-17(10-8-16)25-24-20(19-5-3-4-6-21(19)28-24)13-14-30(25)26(31)29-22-15-18(27)11-12-23(22)32-2/h3-12,15,25,28H,13-14H2,1-2H3,(H,29,31)/t25-/m0/s1. The molecule has 4 aromatic rings. The molecule has 5 rings (SSSR count). The normalized spacial score (nSPS) is 15.5. The number of halogens is 1. The summed E-state index contributed by atoms with van der Waals surface area (Å²) in [4.78, 5) is 19.0. The molecular formula is C26H24ClN3O2. The van der Waals surface area contributed by atoms with Crippen molar-refractivity contribution < 1.29 is 9.53 Å². The second kappa shape index (κ2) is 8.24. The Morgan fingerprint density at radius 3 is 2.69 bits per heavy atom. The number of anilines is 1. The Morgan fingerprint density at radius 1 is 1.12 bits per heavy atom. The van der Waals surface area contributed by atoms with Crippen LogP contribution in [0.2, 0.25) is 5.02 Å². The molecule has 0 fully saturated rings. The van der Waals surface area contributed by atoms with Gasteiger partial charge in [-0.1, -0.05) is 59.6 Å². The van der Waals surface area contributed by atoms with Crippen LogP contribution in [0, 0.1) is 6.92 Å². The van der Waals surface area contributed by atoms with E-state index in [1.165, 1.54) is 16.5 Å². The molecule has 0 radical (unpaired) electrons. The second-order valence-corrected chi connectivity index (χ2v) is 8.53. The molecule has 2 amide bonds. The number of nitrogens with zero attached hydrogens (tertiary/aromatic N) is 1. The number of benzene rings is 3. The summed E-state index contributed by atoms with van der Waals surface area (Å²) in [6, 6.07) is 21.5. The fourth-order valence-corrected chi connectivity index (χ4v) is 4.69. The lowest BCUT2D eigenvalue weighted by molar-refractivity contribution is 0.193. The Bertz CT molecular complexity index is 1300. The minimum atomic E-state index is -0.225. The van der Waals surface area contributed by atoms with Crippen LogP contribution in [0.4, 0.5) is 10.5 Å². The molecule has 1 atom stereocenters. The number of aromatic amines is 1. The largest absolute Gasteiger partial charge is 0.495 e. The van der Waals surface area contributed by atoms with Gasteiger partial charge in [0.05, 0.1) is 18.8 Å². The summed E-state index contributed by atoms with van der Waals surface area (Å²) < 4.78 is 5.41. The summed E-state index contributed by atoms with van der Waals surface area (Å²) in [6.45, 7) is 2.66. The average molecular weight is 446 g/mol. The maximum atomic E-state index is 13.5. The molecule has 1 aliphatic rings. The number of amides is 2. The molecule has 0 aliphatic carbocycles. The smallest absolute Gasteiger partial charge is 0.322 e. The number of para-hydroxylation sites is 1. The van der Waals surface area contributed by atoms with Crippen LogP contribution in [-0.4, -0.2) is 29.6 Å². The van der Waals surface area contributed by atoms with Gasteiger partial charge in [-0.2, -0.15) is 0 Å². The van der Waals surface area contributed by atoms with Crippen LogP contribution in [0.5, 0.6) is 5.75 Å². The van der Waals surface area contributed by atoms with Gasteiger partial charge in [0.2, 0.25) is 0 Å². The number of aromatic nitrogens is 1. The summed E-state index contributed by atoms with van der Waals surface area (Å²) >= 11 is 6.17. The fraction of sp³-hybridized carbons (Fsp3) is 0.192. The molecular weight excluding hydrogens is 422 g/mol. The van der Waals surface area contributed by atoms with Crippen LogP contribution in [0.25, 0.3) is 10.9 Å². The molecule has 3 aromatic carbocycles. The molecule has 0 unspecified atom stereocenters. The molecule has 32 heavy (non-hydrogen) atoms. The minimum Gasteiger partial charge on any atom is -0.495 e. The van der Waals surface area contributed by atoms with Crippen LogP contribution in [0.1, 0.15) is 28.4 Å². The summed E-state index contributed by atoms with van der Waals surface area (Å²) in [5.41, 5.74) is 6.23. The van der Waals surface area contributed by atoms with Crippen molar-refractivity contribution in [3.63, 3.8) is 0 Å². The predicted molar refractivity (Wildman–Crippen MR) is 129 cm³/mol. The summed E-state index contributed by atoms with van der Waals surface area (Å²) in [7, 11) is 1.58. The number of hydrogen-bond acceptors (Lipinski definition) is 2. The Labute approximate surface area is 192 Å². The van der Waals surface area contributed by atoms with E-state index in [2.05, 4.69) is 59.7 Å². The molecule has 6 heteroatoms. The third-order valence-electron chi connectivity index (χ3n) is 6.09. The summed E-state index contributed by atoms with van der Waals surface area (Å²) in [5.74, 6) is 0.568. The molecule has 1 aliphatic heterocycles. The first-order valence-corrected chi connectivity index (χ1v) is 11.0. The van der Waals surface area contributed by atoms with E-state index in [9.17, 15) is 4.79 Å². The van der Waals surface area contributed by atoms with Crippen LogP contribution in [0.15, 0.2) is 66.7 Å². The maximum absolute atomic E-state index is 13.5. The van der Waals surface area contributed by atoms with E-state index in [1.54, 1.807) is 25.3 Å². The Balaban J connectivity index is 1.57. The van der Waals surface area contributed by atoms with Gasteiger partial charge in [-0.3, -0.25) is 0 Å². The van der Waals surface area contributed by atoms with E-state index in [4.69, 9.17) is 16.3 Å². The molecule has 1 aromatic heterocycles. The van der Waals surface area contributed by atoms with Crippen molar-refractivity contribution in [2.75, 3.05) is 19.0 Å². The zero-order valence-electron chi connectivity index (χ0n) is 18.0. The Kier molecular flexibility index (Phi) is 5.27. The van der Waals surface area contributed by atoms with Crippen molar-refractivity contribution in [1.82, 2.24) is 9.88 Å². The van der Waals surface area contributed by atoms with Gasteiger partial charge in [0, 0.05) is 28.2 Å². The number of nitrogens with one attached hydrogen (secondary N) is 2. The monoisotopic (exact) mass is 445 g/mol. The highest BCUT2D eigenvalue weighted by molar-refractivity contribution is 6.31. The van der Waals surface area contributed by atoms with Crippen molar-refractivity contribution in [2.24, 2.45) is 0 Å². The molecule has 0 bridgehead atoms. The Hall–Kier alpha value is -3.44. The molecule has 2 N–H and O–H groups in total. The molecule has 0 saturated carbocycles. The van der Waals surface area contributed by atoms with Crippen LogP contribution in [-0.2, 0) is 6.42 Å². The Morgan fingerprint density at radius 2 is 1.91 bits per heavy atom. The van der Waals surface area contributed by atoms with Crippen LogP contribution >= 0.6 is 11.6 Å². The highest BCUT2D eigenvalue weighted by Gasteiger charge is 2.34. The van der Waals surface area contributed by atoms with E-state index < -0.39 is 0 Å². The van der Waals surface area contributed by atoms with Gasteiger partial charge >= 0.3 is 6.03 Å². The third kappa shape index (κ3) is 3.59. The first-order valence-electron chi connectivity index (χ1n) is 10.6. The summed E-state index contributed by atoms with van der Waals surface area (Å²) in [6.07, 6.45) is 0.780. The van der Waals surface area contributed by atoms with E-state index in [0.717, 1.165) is 23.2 Å². The molecule has 0 spiro atoms. The average Bonchev–Trinajstić information content (AvgIpc) is 3.18. The van der Waals surface area contributed by atoms with Gasteiger partial charge in [-0.15, -0.1) is 0 Å². The van der Waals surface area contributed by atoms with Gasteiger partial charge in [0.1, 0.15) is 5.75 Å². The van der Waals surface area contributed by atoms with Crippen molar-refractivity contribution in [2.45, 2.75) is 19.4 Å². The quantitative estimate of drug-likeness (QED) is 0.387. The number of rotatable bonds is 3. The van der Waals surface area contributed by atoms with Crippen LogP contribution in [0.3, 0.4) is 0 Å². The van der Waals surface area contributed by atoms with Gasteiger partial charge in [-0.05, 0) is 48.7 Å². The lowest BCUT2D eigenvalue weighted by Crippen LogP contribution is -2.43. The van der Waals surface area contributed by atoms with E-state index in [0.29, 0.717) is 23.0 Å². The number of carbonyl (C=O) groups excluding carboxylic acids is 1. The first kappa shape index (κ1) is 20.5. The third-order valence-corrected chi connectivity index (χ3v) is 6.33. The van der Waals surface area contributed by atoms with Crippen molar-refractivity contribution in [3.05, 3.63) is 94.1 Å². The number of carbonyl (C=O) groups is 1. The number of urea groups is 1. The van der Waals surface area contributed by atoms with Crippen molar-refractivity contribution in [1.29, 1.82) is 0 Å². The van der Waals surface area contributed by atoms with E-state index >= 15 is 0 Å². The van der Waals surface area contributed by atoms with Gasteiger partial charge in [0.25, 0.3) is 0 Å². The molecule has 5 nitrogen and oxygen atoms in total. The zero-order chi connectivity index (χ0) is 22.2. The number of aryl methyl sites for hydroxylation is 1. The fourth-order valence-electron chi connectivity index (χ4n) is 4.52. The van der Waals surface area contributed by atoms with Crippen molar-refractivity contribution >= 4 is 34.2 Å². The molecule has 162 valence electrons. The second-order valence-electron chi connectivity index (χ2n) is 8.09. The number of fused-ring (bicyclic) bond motifs is 3. The predicted octanol–water partition coefficient (Wildman–Crippen LogP) is 6.32. The summed E-state index contributed by atoms with van der Waals surface area (Å²) in [5, 5.41) is 4.76. The lowest BCUT2D eigenvalue weighted by Gasteiger charge is -2.36. The van der Waals surface area contributed by atoms with Crippen molar-refractivity contribution in [3.8, 4) is 5.75 Å². The number of methoxy groups -OCH3 is 1. The minimum absolute atomic E-state index is 0.194. The molecule has 0 saturated heterocycles.